The molecule has 4 N–H and O–H groups in total. The van der Waals surface area contributed by atoms with Crippen LogP contribution >= 0.6 is 0 Å². The molecule has 258 valence electrons. The molecule has 4 atom stereocenters. The van der Waals surface area contributed by atoms with Gasteiger partial charge < -0.3 is 30.6 Å². The summed E-state index contributed by atoms with van der Waals surface area (Å²) in [4.78, 5) is 56.2. The van der Waals surface area contributed by atoms with Gasteiger partial charge in [-0.05, 0) is 86.1 Å². The highest BCUT2D eigenvalue weighted by molar-refractivity contribution is 6.00. The molecule has 6 rings (SSSR count). The molecule has 2 fully saturated rings. The molecule has 2 aliphatic rings. The number of carbonyl (C=O) groups is 4. The van der Waals surface area contributed by atoms with Gasteiger partial charge in [0.1, 0.15) is 12.1 Å². The first-order valence-electron chi connectivity index (χ1n) is 17.0. The third-order valence-electron chi connectivity index (χ3n) is 9.78. The maximum Gasteiger partial charge on any atom is 0.259 e. The second-order valence-electron chi connectivity index (χ2n) is 13.3. The molecular formula is C40H42N4O6. The summed E-state index contributed by atoms with van der Waals surface area (Å²) in [6.45, 7) is 3.71. The lowest BCUT2D eigenvalue weighted by Crippen LogP contribution is -2.50. The molecule has 2 heterocycles. The molecule has 0 radical (unpaired) electrons. The Balaban J connectivity index is 1.05. The van der Waals surface area contributed by atoms with Gasteiger partial charge in [0, 0.05) is 24.5 Å². The van der Waals surface area contributed by atoms with Gasteiger partial charge in [-0.15, -0.1) is 0 Å². The average molecular weight is 675 g/mol. The Bertz CT molecular complexity index is 1710. The van der Waals surface area contributed by atoms with Crippen molar-refractivity contribution in [2.45, 2.75) is 62.8 Å². The van der Waals surface area contributed by atoms with Crippen LogP contribution in [0, 0.1) is 0 Å². The smallest absolute Gasteiger partial charge is 0.259 e. The maximum absolute atomic E-state index is 13.4. The van der Waals surface area contributed by atoms with Crippen molar-refractivity contribution < 1.29 is 29.4 Å². The predicted octanol–water partition coefficient (Wildman–Crippen LogP) is 5.03. The van der Waals surface area contributed by atoms with Crippen molar-refractivity contribution in [2.75, 3.05) is 23.7 Å². The quantitative estimate of drug-likeness (QED) is 0.197. The zero-order valence-corrected chi connectivity index (χ0v) is 28.2. The maximum atomic E-state index is 13.4. The summed E-state index contributed by atoms with van der Waals surface area (Å²) in [5.74, 6) is -1.61. The summed E-state index contributed by atoms with van der Waals surface area (Å²) in [7, 11) is 0. The lowest BCUT2D eigenvalue weighted by atomic mass is 9.94. The number of likely N-dealkylation sites (tertiary alicyclic amines) is 2. The van der Waals surface area contributed by atoms with Gasteiger partial charge in [0.25, 0.3) is 11.8 Å². The summed E-state index contributed by atoms with van der Waals surface area (Å²) in [5, 5.41) is 28.0. The van der Waals surface area contributed by atoms with Crippen LogP contribution in [0.5, 0.6) is 0 Å². The lowest BCUT2D eigenvalue weighted by molar-refractivity contribution is -0.153. The van der Waals surface area contributed by atoms with Gasteiger partial charge >= 0.3 is 0 Å². The number of nitrogens with one attached hydrogen (secondary N) is 2. The van der Waals surface area contributed by atoms with Crippen molar-refractivity contribution in [3.05, 3.63) is 120 Å². The highest BCUT2D eigenvalue weighted by Crippen LogP contribution is 2.31. The van der Waals surface area contributed by atoms with E-state index >= 15 is 0 Å². The Morgan fingerprint density at radius 1 is 0.560 bits per heavy atom. The van der Waals surface area contributed by atoms with Gasteiger partial charge in [-0.1, -0.05) is 84.9 Å². The molecule has 0 aliphatic carbocycles. The first kappa shape index (κ1) is 34.5. The largest absolute Gasteiger partial charge is 0.376 e. The number of carbonyl (C=O) groups excluding carboxylic acids is 4. The molecule has 10 heteroatoms. The van der Waals surface area contributed by atoms with E-state index in [2.05, 4.69) is 10.6 Å². The van der Waals surface area contributed by atoms with Crippen LogP contribution in [-0.4, -0.2) is 68.8 Å². The van der Waals surface area contributed by atoms with E-state index in [-0.39, 0.29) is 11.8 Å². The minimum absolute atomic E-state index is 0.307. The van der Waals surface area contributed by atoms with Crippen molar-refractivity contribution in [3.63, 3.8) is 0 Å². The molecule has 4 aromatic rings. The second kappa shape index (κ2) is 14.3. The highest BCUT2D eigenvalue weighted by atomic mass is 16.3. The molecule has 4 amide bonds. The minimum atomic E-state index is -1.75. The monoisotopic (exact) mass is 674 g/mol. The van der Waals surface area contributed by atoms with Gasteiger partial charge in [-0.3, -0.25) is 19.2 Å². The highest BCUT2D eigenvalue weighted by Gasteiger charge is 2.44. The van der Waals surface area contributed by atoms with Crippen LogP contribution in [-0.2, 0) is 30.4 Å². The van der Waals surface area contributed by atoms with E-state index in [0.717, 1.165) is 11.1 Å². The zero-order chi connectivity index (χ0) is 35.5. The third-order valence-corrected chi connectivity index (χ3v) is 9.78. The number of nitrogens with zero attached hydrogens (tertiary/aromatic N) is 2. The van der Waals surface area contributed by atoms with E-state index < -0.39 is 35.1 Å². The Morgan fingerprint density at radius 3 is 1.24 bits per heavy atom. The molecule has 10 nitrogen and oxygen atoms in total. The van der Waals surface area contributed by atoms with Crippen molar-refractivity contribution >= 4 is 35.0 Å². The summed E-state index contributed by atoms with van der Waals surface area (Å²) >= 11 is 0. The Morgan fingerprint density at radius 2 is 0.900 bits per heavy atom. The topological polar surface area (TPSA) is 139 Å². The van der Waals surface area contributed by atoms with Gasteiger partial charge in [0.2, 0.25) is 11.8 Å². The fourth-order valence-corrected chi connectivity index (χ4v) is 6.84. The molecule has 0 saturated carbocycles. The van der Waals surface area contributed by atoms with E-state index in [1.807, 2.05) is 36.4 Å². The number of hydrogen-bond acceptors (Lipinski definition) is 6. The van der Waals surface area contributed by atoms with Gasteiger partial charge in [-0.25, -0.2) is 0 Å². The fraction of sp³-hybridized carbons (Fsp3) is 0.300. The number of hydrogen-bond donors (Lipinski definition) is 4. The van der Waals surface area contributed by atoms with Gasteiger partial charge in [0.05, 0.1) is 0 Å². The summed E-state index contributed by atoms with van der Waals surface area (Å²) in [6.07, 6.45) is 2.34. The fourth-order valence-electron chi connectivity index (χ4n) is 6.84. The standard InChI is InChI=1S/C40H42N4O6/c1-39(49,29-11-5-3-6-12-29)37(47)43-25-9-15-33(43)35(45)41-31-21-17-27(18-22-31)28-19-23-32(24-20-28)42-36(46)34-16-10-26-44(34)38(48)40(2,50)30-13-7-4-8-14-30/h3-8,11-14,17-24,33-34,49-50H,9-10,15-16,25-26H2,1-2H3,(H,41,45)(H,42,46)/t33-,34-,39-,40-/m0/s1. The minimum Gasteiger partial charge on any atom is -0.376 e. The summed E-state index contributed by atoms with van der Waals surface area (Å²) < 4.78 is 0. The Kier molecular flexibility index (Phi) is 9.86. The van der Waals surface area contributed by atoms with E-state index in [4.69, 9.17) is 0 Å². The van der Waals surface area contributed by atoms with Crippen LogP contribution in [0.15, 0.2) is 109 Å². The molecule has 50 heavy (non-hydrogen) atoms. The van der Waals surface area contributed by atoms with Crippen molar-refractivity contribution in [1.82, 2.24) is 9.80 Å². The number of benzene rings is 4. The lowest BCUT2D eigenvalue weighted by Gasteiger charge is -2.32. The normalized spacial score (nSPS) is 19.7. The molecule has 0 aromatic heterocycles. The Hall–Kier alpha value is -5.32. The molecular weight excluding hydrogens is 632 g/mol. The zero-order valence-electron chi connectivity index (χ0n) is 28.2. The van der Waals surface area contributed by atoms with E-state index in [1.165, 1.54) is 23.6 Å². The van der Waals surface area contributed by atoms with Gasteiger partial charge in [-0.2, -0.15) is 0 Å². The number of anilines is 2. The molecule has 2 aliphatic heterocycles. The van der Waals surface area contributed by atoms with E-state index in [1.54, 1.807) is 72.8 Å². The van der Waals surface area contributed by atoms with Crippen LogP contribution in [0.2, 0.25) is 0 Å². The first-order chi connectivity index (χ1) is 24.0. The average Bonchev–Trinajstić information content (AvgIpc) is 3.83. The predicted molar refractivity (Wildman–Crippen MR) is 191 cm³/mol. The van der Waals surface area contributed by atoms with Crippen LogP contribution in [0.25, 0.3) is 11.1 Å². The number of rotatable bonds is 9. The van der Waals surface area contributed by atoms with Crippen LogP contribution < -0.4 is 10.6 Å². The third kappa shape index (κ3) is 7.03. The van der Waals surface area contributed by atoms with Gasteiger partial charge in [0.15, 0.2) is 11.2 Å². The molecule has 0 spiro atoms. The van der Waals surface area contributed by atoms with Crippen LogP contribution in [0.1, 0.15) is 50.7 Å². The van der Waals surface area contributed by atoms with Crippen LogP contribution in [0.3, 0.4) is 0 Å². The van der Waals surface area contributed by atoms with E-state index in [9.17, 15) is 29.4 Å². The van der Waals surface area contributed by atoms with Crippen molar-refractivity contribution in [1.29, 1.82) is 0 Å². The summed E-state index contributed by atoms with van der Waals surface area (Å²) in [6, 6.07) is 30.8. The molecule has 2 saturated heterocycles. The molecule has 0 bridgehead atoms. The number of aliphatic hydroxyl groups is 2. The van der Waals surface area contributed by atoms with Crippen LogP contribution in [0.4, 0.5) is 11.4 Å². The molecule has 0 unspecified atom stereocenters. The summed E-state index contributed by atoms with van der Waals surface area (Å²) in [5.41, 5.74) is 0.418. The van der Waals surface area contributed by atoms with Crippen molar-refractivity contribution in [3.8, 4) is 11.1 Å². The number of amides is 4. The van der Waals surface area contributed by atoms with Crippen molar-refractivity contribution in [2.24, 2.45) is 0 Å². The van der Waals surface area contributed by atoms with E-state index in [0.29, 0.717) is 61.3 Å². The Labute approximate surface area is 291 Å². The molecule has 4 aromatic carbocycles. The second-order valence-corrected chi connectivity index (χ2v) is 13.3. The SMILES string of the molecule is C[C@@](O)(C(=O)N1CCC[C@H]1C(=O)Nc1ccc(-c2ccc(NC(=O)[C@@H]3CCCN3C(=O)[C@@](C)(O)c3ccccc3)cc2)cc1)c1ccccc1. The first-order valence-corrected chi connectivity index (χ1v) is 17.0.